The zero-order valence-corrected chi connectivity index (χ0v) is 15.5. The molecule has 0 radical (unpaired) electrons. The number of hydrogen-bond donors (Lipinski definition) is 2. The van der Waals surface area contributed by atoms with Crippen molar-refractivity contribution in [2.24, 2.45) is 11.8 Å². The number of unbranched alkanes of at least 4 members (excludes halogenated alkanes) is 7. The van der Waals surface area contributed by atoms with Gasteiger partial charge < -0.3 is 10.4 Å². The summed E-state index contributed by atoms with van der Waals surface area (Å²) in [7, 11) is 2.08. The molecule has 3 nitrogen and oxygen atoms in total. The van der Waals surface area contributed by atoms with Crippen LogP contribution in [0.4, 0.5) is 0 Å². The van der Waals surface area contributed by atoms with E-state index in [2.05, 4.69) is 19.3 Å². The Morgan fingerprint density at radius 3 is 2.09 bits per heavy atom. The topological polar surface area (TPSA) is 49.3 Å². The molecule has 0 saturated heterocycles. The van der Waals surface area contributed by atoms with Gasteiger partial charge in [0.2, 0.25) is 0 Å². The number of nitrogens with one attached hydrogen (secondary N) is 1. The van der Waals surface area contributed by atoms with E-state index >= 15 is 0 Å². The minimum atomic E-state index is -0.590. The highest BCUT2D eigenvalue weighted by Gasteiger charge is 2.27. The Balaban J connectivity index is 2.05. The number of hydrogen-bond acceptors (Lipinski definition) is 2. The van der Waals surface area contributed by atoms with Crippen molar-refractivity contribution in [3.05, 3.63) is 0 Å². The van der Waals surface area contributed by atoms with Gasteiger partial charge in [-0.2, -0.15) is 0 Å². The number of carbonyl (C=O) groups is 1. The third-order valence-corrected chi connectivity index (χ3v) is 5.63. The lowest BCUT2D eigenvalue weighted by atomic mass is 9.79. The van der Waals surface area contributed by atoms with Gasteiger partial charge in [-0.25, -0.2) is 0 Å². The fourth-order valence-electron chi connectivity index (χ4n) is 3.95. The number of carboxylic acid groups (broad SMARTS) is 1. The summed E-state index contributed by atoms with van der Waals surface area (Å²) in [5.74, 6) is 0.0663. The van der Waals surface area contributed by atoms with Crippen molar-refractivity contribution in [1.29, 1.82) is 0 Å². The van der Waals surface area contributed by atoms with Crippen molar-refractivity contribution in [3.63, 3.8) is 0 Å². The van der Waals surface area contributed by atoms with Gasteiger partial charge in [-0.1, -0.05) is 58.3 Å². The Hall–Kier alpha value is -0.570. The van der Waals surface area contributed by atoms with Crippen LogP contribution in [-0.2, 0) is 4.79 Å². The standard InChI is InChI=1S/C20H39NO2/c1-3-4-5-6-7-8-9-10-11-19(21-2)16-17-12-14-18(15-13-17)20(22)23/h17-19,21H,3-16H2,1-2H3,(H,22,23). The zero-order valence-electron chi connectivity index (χ0n) is 15.5. The molecule has 1 atom stereocenters. The smallest absolute Gasteiger partial charge is 0.306 e. The number of carboxylic acids is 1. The van der Waals surface area contributed by atoms with Crippen LogP contribution < -0.4 is 5.32 Å². The van der Waals surface area contributed by atoms with Crippen LogP contribution in [0.1, 0.15) is 96.8 Å². The van der Waals surface area contributed by atoms with Crippen molar-refractivity contribution in [3.8, 4) is 0 Å². The lowest BCUT2D eigenvalue weighted by Gasteiger charge is -2.29. The Morgan fingerprint density at radius 1 is 1.00 bits per heavy atom. The van der Waals surface area contributed by atoms with Crippen LogP contribution in [0.15, 0.2) is 0 Å². The molecule has 0 aromatic heterocycles. The third-order valence-electron chi connectivity index (χ3n) is 5.63. The Labute approximate surface area is 143 Å². The first-order valence-electron chi connectivity index (χ1n) is 10.1. The van der Waals surface area contributed by atoms with Crippen LogP contribution in [0.2, 0.25) is 0 Å². The van der Waals surface area contributed by atoms with Gasteiger partial charge in [0.05, 0.1) is 5.92 Å². The molecular formula is C20H39NO2. The van der Waals surface area contributed by atoms with Gasteiger partial charge in [0.25, 0.3) is 0 Å². The minimum absolute atomic E-state index is 0.0769. The molecule has 0 spiro atoms. The molecule has 0 bridgehead atoms. The van der Waals surface area contributed by atoms with E-state index in [0.29, 0.717) is 6.04 Å². The average molecular weight is 326 g/mol. The van der Waals surface area contributed by atoms with Gasteiger partial charge in [-0.15, -0.1) is 0 Å². The lowest BCUT2D eigenvalue weighted by Crippen LogP contribution is -2.30. The normalized spacial score (nSPS) is 22.9. The summed E-state index contributed by atoms with van der Waals surface area (Å²) < 4.78 is 0. The average Bonchev–Trinajstić information content (AvgIpc) is 2.56. The van der Waals surface area contributed by atoms with Crippen molar-refractivity contribution in [2.75, 3.05) is 7.05 Å². The first-order chi connectivity index (χ1) is 11.2. The first-order valence-corrected chi connectivity index (χ1v) is 10.1. The van der Waals surface area contributed by atoms with Crippen molar-refractivity contribution in [1.82, 2.24) is 5.32 Å². The Bertz CT molecular complexity index is 298. The van der Waals surface area contributed by atoms with Gasteiger partial charge in [0, 0.05) is 6.04 Å². The van der Waals surface area contributed by atoms with Crippen molar-refractivity contribution in [2.45, 2.75) is 103 Å². The van der Waals surface area contributed by atoms with E-state index in [9.17, 15) is 4.79 Å². The van der Waals surface area contributed by atoms with E-state index in [-0.39, 0.29) is 5.92 Å². The highest BCUT2D eigenvalue weighted by molar-refractivity contribution is 5.69. The molecule has 23 heavy (non-hydrogen) atoms. The van der Waals surface area contributed by atoms with E-state index < -0.39 is 5.97 Å². The zero-order chi connectivity index (χ0) is 16.9. The minimum Gasteiger partial charge on any atom is -0.481 e. The van der Waals surface area contributed by atoms with Crippen LogP contribution in [0, 0.1) is 11.8 Å². The SMILES string of the molecule is CCCCCCCCCCC(CC1CCC(C(=O)O)CC1)NC. The van der Waals surface area contributed by atoms with E-state index in [1.54, 1.807) is 0 Å². The molecule has 0 aromatic rings. The van der Waals surface area contributed by atoms with E-state index in [4.69, 9.17) is 5.11 Å². The lowest BCUT2D eigenvalue weighted by molar-refractivity contribution is -0.143. The fraction of sp³-hybridized carbons (Fsp3) is 0.950. The predicted octanol–water partition coefficient (Wildman–Crippen LogP) is 5.39. The largest absolute Gasteiger partial charge is 0.481 e. The van der Waals surface area contributed by atoms with Gasteiger partial charge in [-0.05, 0) is 51.5 Å². The number of rotatable bonds is 13. The van der Waals surface area contributed by atoms with Gasteiger partial charge in [-0.3, -0.25) is 4.79 Å². The van der Waals surface area contributed by atoms with Gasteiger partial charge in [0.1, 0.15) is 0 Å². The Kier molecular flexibility index (Phi) is 11.4. The van der Waals surface area contributed by atoms with Crippen molar-refractivity contribution >= 4 is 5.97 Å². The third kappa shape index (κ3) is 9.34. The molecule has 1 rings (SSSR count). The Morgan fingerprint density at radius 2 is 1.57 bits per heavy atom. The summed E-state index contributed by atoms with van der Waals surface area (Å²) in [4.78, 5) is 11.0. The summed E-state index contributed by atoms with van der Waals surface area (Å²) in [5, 5.41) is 12.6. The summed E-state index contributed by atoms with van der Waals surface area (Å²) >= 11 is 0. The maximum absolute atomic E-state index is 11.0. The molecule has 1 fully saturated rings. The van der Waals surface area contributed by atoms with Crippen LogP contribution in [0.25, 0.3) is 0 Å². The van der Waals surface area contributed by atoms with Gasteiger partial charge >= 0.3 is 5.97 Å². The molecule has 0 amide bonds. The number of aliphatic carboxylic acids is 1. The molecule has 1 unspecified atom stereocenters. The summed E-state index contributed by atoms with van der Waals surface area (Å²) in [6.07, 6.45) is 17.5. The van der Waals surface area contributed by atoms with E-state index in [1.807, 2.05) is 0 Å². The molecule has 1 aliphatic rings. The maximum atomic E-state index is 11.0. The summed E-state index contributed by atoms with van der Waals surface area (Å²) in [6, 6.07) is 0.626. The summed E-state index contributed by atoms with van der Waals surface area (Å²) in [6.45, 7) is 2.27. The predicted molar refractivity (Wildman–Crippen MR) is 97.8 cm³/mol. The maximum Gasteiger partial charge on any atom is 0.306 e. The van der Waals surface area contributed by atoms with Crippen LogP contribution in [0.5, 0.6) is 0 Å². The molecule has 3 heteroatoms. The quantitative estimate of drug-likeness (QED) is 0.447. The van der Waals surface area contributed by atoms with Crippen molar-refractivity contribution < 1.29 is 9.90 Å². The highest BCUT2D eigenvalue weighted by atomic mass is 16.4. The fourth-order valence-corrected chi connectivity index (χ4v) is 3.95. The van der Waals surface area contributed by atoms with Crippen LogP contribution >= 0.6 is 0 Å². The van der Waals surface area contributed by atoms with E-state index in [1.165, 1.54) is 64.2 Å². The molecule has 1 saturated carbocycles. The molecule has 0 aliphatic heterocycles. The van der Waals surface area contributed by atoms with Gasteiger partial charge in [0.15, 0.2) is 0 Å². The molecule has 2 N–H and O–H groups in total. The molecule has 0 aromatic carbocycles. The molecule has 1 aliphatic carbocycles. The second-order valence-electron chi connectivity index (χ2n) is 7.54. The molecule has 0 heterocycles. The highest BCUT2D eigenvalue weighted by Crippen LogP contribution is 2.32. The molecular weight excluding hydrogens is 286 g/mol. The van der Waals surface area contributed by atoms with E-state index in [0.717, 1.165) is 31.6 Å². The second-order valence-corrected chi connectivity index (χ2v) is 7.54. The summed E-state index contributed by atoms with van der Waals surface area (Å²) in [5.41, 5.74) is 0. The molecule has 136 valence electrons. The van der Waals surface area contributed by atoms with Crippen LogP contribution in [-0.4, -0.2) is 24.2 Å². The monoisotopic (exact) mass is 325 g/mol. The second kappa shape index (κ2) is 12.8. The van der Waals surface area contributed by atoms with Crippen LogP contribution in [0.3, 0.4) is 0 Å². The first kappa shape index (κ1) is 20.5.